The fourth-order valence-electron chi connectivity index (χ4n) is 2.18. The van der Waals surface area contributed by atoms with E-state index in [1.54, 1.807) is 0 Å². The first kappa shape index (κ1) is 15.4. The Bertz CT molecular complexity index is 235. The molecule has 1 N–H and O–H groups in total. The van der Waals surface area contributed by atoms with E-state index in [0.29, 0.717) is 12.3 Å². The first-order valence-corrected chi connectivity index (χ1v) is 7.33. The zero-order valence-corrected chi connectivity index (χ0v) is 12.2. The lowest BCUT2D eigenvalue weighted by Crippen LogP contribution is -2.47. The number of hydrogen-bond acceptors (Lipinski definition) is 3. The molecule has 4 nitrogen and oxygen atoms in total. The van der Waals surface area contributed by atoms with Gasteiger partial charge in [-0.25, -0.2) is 0 Å². The van der Waals surface area contributed by atoms with Crippen molar-refractivity contribution in [3.05, 3.63) is 0 Å². The van der Waals surface area contributed by atoms with Crippen molar-refractivity contribution in [1.82, 2.24) is 15.1 Å². The molecule has 4 heteroatoms. The summed E-state index contributed by atoms with van der Waals surface area (Å²) in [5.74, 6) is 0.862. The summed E-state index contributed by atoms with van der Waals surface area (Å²) in [5, 5.41) is 3.00. The van der Waals surface area contributed by atoms with E-state index in [4.69, 9.17) is 0 Å². The summed E-state index contributed by atoms with van der Waals surface area (Å²) in [5.41, 5.74) is 0. The molecule has 1 saturated heterocycles. The van der Waals surface area contributed by atoms with Crippen LogP contribution in [0.25, 0.3) is 0 Å². The third-order valence-electron chi connectivity index (χ3n) is 3.61. The lowest BCUT2D eigenvalue weighted by atomic mass is 10.1. The highest BCUT2D eigenvalue weighted by Crippen LogP contribution is 2.02. The van der Waals surface area contributed by atoms with E-state index >= 15 is 0 Å². The van der Waals surface area contributed by atoms with Crippen molar-refractivity contribution >= 4 is 5.91 Å². The molecule has 0 saturated carbocycles. The Morgan fingerprint density at radius 2 is 1.78 bits per heavy atom. The fraction of sp³-hybridized carbons (Fsp3) is 0.929. The first-order chi connectivity index (χ1) is 8.61. The summed E-state index contributed by atoms with van der Waals surface area (Å²) in [6.07, 6.45) is 1.71. The van der Waals surface area contributed by atoms with Gasteiger partial charge < -0.3 is 15.1 Å². The van der Waals surface area contributed by atoms with E-state index in [0.717, 1.165) is 52.2 Å². The normalized spacial score (nSPS) is 18.2. The van der Waals surface area contributed by atoms with Crippen LogP contribution in [0.4, 0.5) is 0 Å². The van der Waals surface area contributed by atoms with Crippen LogP contribution in [0.2, 0.25) is 0 Å². The molecule has 0 spiro atoms. The molecule has 1 rings (SSSR count). The molecule has 1 aliphatic heterocycles. The van der Waals surface area contributed by atoms with Gasteiger partial charge in [-0.1, -0.05) is 20.8 Å². The molecule has 1 heterocycles. The minimum Gasteiger partial charge on any atom is -0.356 e. The van der Waals surface area contributed by atoms with Crippen LogP contribution in [-0.2, 0) is 4.79 Å². The lowest BCUT2D eigenvalue weighted by molar-refractivity contribution is -0.121. The van der Waals surface area contributed by atoms with Crippen molar-refractivity contribution in [3.63, 3.8) is 0 Å². The second-order valence-corrected chi connectivity index (χ2v) is 5.56. The molecular formula is C14H29N3O. The maximum atomic E-state index is 11.6. The Morgan fingerprint density at radius 3 is 2.33 bits per heavy atom. The van der Waals surface area contributed by atoms with Crippen molar-refractivity contribution in [2.24, 2.45) is 5.92 Å². The van der Waals surface area contributed by atoms with Crippen LogP contribution in [0.1, 0.15) is 33.6 Å². The quantitative estimate of drug-likeness (QED) is 0.742. The Labute approximate surface area is 112 Å². The molecular weight excluding hydrogens is 226 g/mol. The lowest BCUT2D eigenvalue weighted by Gasteiger charge is -2.33. The maximum absolute atomic E-state index is 11.6. The highest BCUT2D eigenvalue weighted by molar-refractivity contribution is 5.75. The topological polar surface area (TPSA) is 35.6 Å². The predicted molar refractivity (Wildman–Crippen MR) is 75.6 cm³/mol. The number of likely N-dealkylation sites (N-methyl/N-ethyl adjacent to an activating group) is 1. The highest BCUT2D eigenvalue weighted by atomic mass is 16.1. The monoisotopic (exact) mass is 255 g/mol. The minimum atomic E-state index is 0.202. The second kappa shape index (κ2) is 8.48. The van der Waals surface area contributed by atoms with Crippen LogP contribution in [0.15, 0.2) is 0 Å². The molecule has 1 amide bonds. The average molecular weight is 255 g/mol. The summed E-state index contributed by atoms with van der Waals surface area (Å²) >= 11 is 0. The summed E-state index contributed by atoms with van der Waals surface area (Å²) in [6, 6.07) is 0. The van der Waals surface area contributed by atoms with E-state index in [2.05, 4.69) is 35.9 Å². The molecule has 0 aromatic heterocycles. The number of nitrogens with zero attached hydrogens (tertiary/aromatic N) is 2. The van der Waals surface area contributed by atoms with Gasteiger partial charge in [-0.15, -0.1) is 0 Å². The molecule has 0 atom stereocenters. The van der Waals surface area contributed by atoms with Gasteiger partial charge in [0, 0.05) is 45.7 Å². The third kappa shape index (κ3) is 6.36. The van der Waals surface area contributed by atoms with Crippen molar-refractivity contribution in [3.8, 4) is 0 Å². The van der Waals surface area contributed by atoms with Gasteiger partial charge in [-0.3, -0.25) is 4.79 Å². The van der Waals surface area contributed by atoms with Crippen molar-refractivity contribution in [1.29, 1.82) is 0 Å². The van der Waals surface area contributed by atoms with E-state index in [9.17, 15) is 4.79 Å². The van der Waals surface area contributed by atoms with Crippen LogP contribution in [0.5, 0.6) is 0 Å². The highest BCUT2D eigenvalue weighted by Gasteiger charge is 2.15. The van der Waals surface area contributed by atoms with E-state index in [-0.39, 0.29) is 5.91 Å². The first-order valence-electron chi connectivity index (χ1n) is 7.33. The van der Waals surface area contributed by atoms with E-state index in [1.165, 1.54) is 0 Å². The molecule has 18 heavy (non-hydrogen) atoms. The second-order valence-electron chi connectivity index (χ2n) is 5.56. The van der Waals surface area contributed by atoms with Crippen molar-refractivity contribution in [2.45, 2.75) is 33.6 Å². The minimum absolute atomic E-state index is 0.202. The van der Waals surface area contributed by atoms with E-state index in [1.807, 2.05) is 0 Å². The fourth-order valence-corrected chi connectivity index (χ4v) is 2.18. The molecule has 0 aromatic carbocycles. The zero-order chi connectivity index (χ0) is 13.4. The van der Waals surface area contributed by atoms with Crippen LogP contribution in [-0.4, -0.2) is 61.5 Å². The van der Waals surface area contributed by atoms with Gasteiger partial charge in [0.25, 0.3) is 0 Å². The molecule has 0 unspecified atom stereocenters. The number of piperazine rings is 1. The third-order valence-corrected chi connectivity index (χ3v) is 3.61. The van der Waals surface area contributed by atoms with Crippen LogP contribution < -0.4 is 5.32 Å². The Kier molecular flexibility index (Phi) is 7.28. The molecule has 1 fully saturated rings. The number of rotatable bonds is 7. The molecule has 0 radical (unpaired) electrons. The molecule has 0 aromatic rings. The van der Waals surface area contributed by atoms with Crippen LogP contribution in [0, 0.1) is 5.92 Å². The van der Waals surface area contributed by atoms with Gasteiger partial charge in [0.05, 0.1) is 0 Å². The van der Waals surface area contributed by atoms with E-state index < -0.39 is 0 Å². The van der Waals surface area contributed by atoms with Gasteiger partial charge in [-0.05, 0) is 18.9 Å². The maximum Gasteiger partial charge on any atom is 0.221 e. The zero-order valence-electron chi connectivity index (χ0n) is 12.2. The SMILES string of the molecule is CCN1CCN(CCC(=O)NCCC(C)C)CC1. The van der Waals surface area contributed by atoms with Gasteiger partial charge >= 0.3 is 0 Å². The van der Waals surface area contributed by atoms with Gasteiger partial charge in [0.15, 0.2) is 0 Å². The van der Waals surface area contributed by atoms with Gasteiger partial charge in [0.1, 0.15) is 0 Å². The molecule has 1 aliphatic rings. The average Bonchev–Trinajstić information content (AvgIpc) is 2.36. The predicted octanol–water partition coefficient (Wildman–Crippen LogP) is 1.18. The number of hydrogen-bond donors (Lipinski definition) is 1. The molecule has 0 bridgehead atoms. The van der Waals surface area contributed by atoms with Crippen LogP contribution in [0.3, 0.4) is 0 Å². The standard InChI is InChI=1S/C14H29N3O/c1-4-16-9-11-17(12-10-16)8-6-14(18)15-7-5-13(2)3/h13H,4-12H2,1-3H3,(H,15,18). The number of carbonyl (C=O) groups is 1. The number of carbonyl (C=O) groups excluding carboxylic acids is 1. The molecule has 106 valence electrons. The summed E-state index contributed by atoms with van der Waals surface area (Å²) in [7, 11) is 0. The largest absolute Gasteiger partial charge is 0.356 e. The summed E-state index contributed by atoms with van der Waals surface area (Å²) < 4.78 is 0. The number of nitrogens with one attached hydrogen (secondary N) is 1. The van der Waals surface area contributed by atoms with Crippen LogP contribution >= 0.6 is 0 Å². The Morgan fingerprint density at radius 1 is 1.17 bits per heavy atom. The van der Waals surface area contributed by atoms with Crippen molar-refractivity contribution in [2.75, 3.05) is 45.8 Å². The van der Waals surface area contributed by atoms with Crippen molar-refractivity contribution < 1.29 is 4.79 Å². The number of amides is 1. The summed E-state index contributed by atoms with van der Waals surface area (Å²) in [6.45, 7) is 13.9. The summed E-state index contributed by atoms with van der Waals surface area (Å²) in [4.78, 5) is 16.5. The van der Waals surface area contributed by atoms with Gasteiger partial charge in [-0.2, -0.15) is 0 Å². The molecule has 0 aliphatic carbocycles. The Balaban J connectivity index is 2.04. The smallest absolute Gasteiger partial charge is 0.221 e. The van der Waals surface area contributed by atoms with Gasteiger partial charge in [0.2, 0.25) is 5.91 Å². The Hall–Kier alpha value is -0.610.